The van der Waals surface area contributed by atoms with Crippen molar-refractivity contribution in [3.8, 4) is 11.3 Å². The zero-order valence-electron chi connectivity index (χ0n) is 19.4. The van der Waals surface area contributed by atoms with Gasteiger partial charge in [0, 0.05) is 55.6 Å². The second-order valence-corrected chi connectivity index (χ2v) is 9.13. The van der Waals surface area contributed by atoms with Gasteiger partial charge in [-0.1, -0.05) is 25.3 Å². The van der Waals surface area contributed by atoms with Gasteiger partial charge in [-0.05, 0) is 37.1 Å². The highest BCUT2D eigenvalue weighted by molar-refractivity contribution is 5.97. The Labute approximate surface area is 199 Å². The number of nitrogens with one attached hydrogen (secondary N) is 1. The Kier molecular flexibility index (Phi) is 6.97. The molecule has 5 rings (SSSR count). The van der Waals surface area contributed by atoms with E-state index in [0.717, 1.165) is 55.4 Å². The zero-order valence-corrected chi connectivity index (χ0v) is 19.4. The summed E-state index contributed by atoms with van der Waals surface area (Å²) < 4.78 is 7.10. The summed E-state index contributed by atoms with van der Waals surface area (Å²) >= 11 is 0. The molecule has 0 unspecified atom stereocenters. The lowest BCUT2D eigenvalue weighted by atomic mass is 9.95. The Balaban J connectivity index is 1.51. The highest BCUT2D eigenvalue weighted by Crippen LogP contribution is 2.22. The number of carbonyl (C=O) groups excluding carboxylic acids is 1. The first kappa shape index (κ1) is 22.7. The van der Waals surface area contributed by atoms with Crippen LogP contribution >= 0.6 is 0 Å². The quantitative estimate of drug-likeness (QED) is 0.607. The van der Waals surface area contributed by atoms with E-state index in [1.807, 2.05) is 24.3 Å². The van der Waals surface area contributed by atoms with Gasteiger partial charge in [-0.2, -0.15) is 0 Å². The van der Waals surface area contributed by atoms with Crippen molar-refractivity contribution in [1.29, 1.82) is 0 Å². The number of rotatable bonds is 6. The molecule has 1 saturated carbocycles. The van der Waals surface area contributed by atoms with E-state index in [9.17, 15) is 9.59 Å². The average molecular weight is 462 g/mol. The highest BCUT2D eigenvalue weighted by Gasteiger charge is 2.22. The molecule has 1 aliphatic heterocycles. The lowest BCUT2D eigenvalue weighted by molar-refractivity contribution is 0.0364. The van der Waals surface area contributed by atoms with Crippen LogP contribution in [0.2, 0.25) is 0 Å². The standard InChI is InChI=1S/C26H31N5O3/c32-25(29-21-6-2-1-3-7-21)22-17-19-16-20(23-8-4-5-9-27-23)18-28-24(19)31(26(22)33)11-10-30-12-14-34-15-13-30/h4-5,8-9,16-18,21H,1-3,6-7,10-15H2,(H,29,32). The number of carbonyl (C=O) groups is 1. The zero-order chi connectivity index (χ0) is 23.3. The fourth-order valence-electron chi connectivity index (χ4n) is 4.89. The minimum Gasteiger partial charge on any atom is -0.379 e. The number of hydrogen-bond donors (Lipinski definition) is 1. The highest BCUT2D eigenvalue weighted by atomic mass is 16.5. The first-order chi connectivity index (χ1) is 16.7. The van der Waals surface area contributed by atoms with Crippen molar-refractivity contribution in [1.82, 2.24) is 24.8 Å². The van der Waals surface area contributed by atoms with E-state index in [1.54, 1.807) is 23.0 Å². The summed E-state index contributed by atoms with van der Waals surface area (Å²) in [7, 11) is 0. The van der Waals surface area contributed by atoms with Crippen LogP contribution in [0.4, 0.5) is 0 Å². The lowest BCUT2D eigenvalue weighted by Crippen LogP contribution is -2.42. The minimum absolute atomic E-state index is 0.135. The average Bonchev–Trinajstić information content (AvgIpc) is 2.89. The first-order valence-electron chi connectivity index (χ1n) is 12.2. The van der Waals surface area contributed by atoms with E-state index in [1.165, 1.54) is 6.42 Å². The maximum atomic E-state index is 13.5. The summed E-state index contributed by atoms with van der Waals surface area (Å²) in [5.41, 5.74) is 2.14. The number of aromatic nitrogens is 3. The second-order valence-electron chi connectivity index (χ2n) is 9.13. The van der Waals surface area contributed by atoms with Crippen LogP contribution in [0.1, 0.15) is 42.5 Å². The normalized spacial score (nSPS) is 17.6. The molecule has 3 aromatic heterocycles. The molecule has 3 aromatic rings. The SMILES string of the molecule is O=C(NC1CCCCC1)c1cc2cc(-c3ccccn3)cnc2n(CCN2CCOCC2)c1=O. The van der Waals surface area contributed by atoms with Crippen LogP contribution in [0, 0.1) is 0 Å². The molecule has 8 nitrogen and oxygen atoms in total. The summed E-state index contributed by atoms with van der Waals surface area (Å²) in [4.78, 5) is 38.1. The van der Waals surface area contributed by atoms with Crippen molar-refractivity contribution in [3.63, 3.8) is 0 Å². The van der Waals surface area contributed by atoms with Crippen LogP contribution in [0.3, 0.4) is 0 Å². The van der Waals surface area contributed by atoms with Crippen LogP contribution in [0.15, 0.2) is 47.5 Å². The third-order valence-electron chi connectivity index (χ3n) is 6.82. The summed E-state index contributed by atoms with van der Waals surface area (Å²) in [6.45, 7) is 4.25. The topological polar surface area (TPSA) is 89.3 Å². The number of hydrogen-bond acceptors (Lipinski definition) is 6. The van der Waals surface area contributed by atoms with Crippen LogP contribution in [0.25, 0.3) is 22.3 Å². The van der Waals surface area contributed by atoms with Crippen molar-refractivity contribution in [2.75, 3.05) is 32.8 Å². The Hall–Kier alpha value is -3.10. The number of nitrogens with zero attached hydrogens (tertiary/aromatic N) is 4. The van der Waals surface area contributed by atoms with Crippen LogP contribution in [0.5, 0.6) is 0 Å². The van der Waals surface area contributed by atoms with Gasteiger partial charge in [-0.3, -0.25) is 24.0 Å². The van der Waals surface area contributed by atoms with E-state index in [4.69, 9.17) is 4.74 Å². The Morgan fingerprint density at radius 2 is 1.88 bits per heavy atom. The molecule has 2 aliphatic rings. The van der Waals surface area contributed by atoms with Gasteiger partial charge in [0.25, 0.3) is 11.5 Å². The van der Waals surface area contributed by atoms with Gasteiger partial charge in [0.1, 0.15) is 11.2 Å². The molecular formula is C26H31N5O3. The monoisotopic (exact) mass is 461 g/mol. The number of amides is 1. The molecule has 0 bridgehead atoms. The Morgan fingerprint density at radius 3 is 2.65 bits per heavy atom. The van der Waals surface area contributed by atoms with E-state index in [2.05, 4.69) is 20.2 Å². The number of ether oxygens (including phenoxy) is 1. The molecule has 1 N–H and O–H groups in total. The van der Waals surface area contributed by atoms with Crippen LogP contribution < -0.4 is 10.9 Å². The molecule has 4 heterocycles. The molecule has 0 atom stereocenters. The first-order valence-corrected chi connectivity index (χ1v) is 12.2. The number of pyridine rings is 3. The van der Waals surface area contributed by atoms with Gasteiger partial charge in [0.05, 0.1) is 18.9 Å². The molecule has 0 aromatic carbocycles. The van der Waals surface area contributed by atoms with Crippen molar-refractivity contribution >= 4 is 16.9 Å². The van der Waals surface area contributed by atoms with Crippen molar-refractivity contribution in [2.45, 2.75) is 44.7 Å². The maximum Gasteiger partial charge on any atom is 0.265 e. The van der Waals surface area contributed by atoms with Gasteiger partial charge in [0.15, 0.2) is 0 Å². The Morgan fingerprint density at radius 1 is 1.06 bits per heavy atom. The van der Waals surface area contributed by atoms with Crippen LogP contribution in [-0.4, -0.2) is 64.2 Å². The van der Waals surface area contributed by atoms with Crippen LogP contribution in [-0.2, 0) is 11.3 Å². The predicted octanol–water partition coefficient (Wildman–Crippen LogP) is 2.85. The van der Waals surface area contributed by atoms with E-state index < -0.39 is 0 Å². The maximum absolute atomic E-state index is 13.5. The molecule has 1 amide bonds. The molecule has 8 heteroatoms. The van der Waals surface area contributed by atoms with E-state index in [0.29, 0.717) is 32.0 Å². The predicted molar refractivity (Wildman–Crippen MR) is 131 cm³/mol. The summed E-state index contributed by atoms with van der Waals surface area (Å²) in [5, 5.41) is 3.87. The largest absolute Gasteiger partial charge is 0.379 e. The second kappa shape index (κ2) is 10.4. The Bertz CT molecular complexity index is 1200. The van der Waals surface area contributed by atoms with Crippen molar-refractivity contribution < 1.29 is 9.53 Å². The fourth-order valence-corrected chi connectivity index (χ4v) is 4.89. The molecular weight excluding hydrogens is 430 g/mol. The van der Waals surface area contributed by atoms with E-state index in [-0.39, 0.29) is 23.1 Å². The smallest absolute Gasteiger partial charge is 0.265 e. The molecule has 2 fully saturated rings. The molecule has 1 saturated heterocycles. The van der Waals surface area contributed by atoms with Crippen molar-refractivity contribution in [2.24, 2.45) is 0 Å². The van der Waals surface area contributed by atoms with Gasteiger partial charge in [-0.25, -0.2) is 4.98 Å². The summed E-state index contributed by atoms with van der Waals surface area (Å²) in [6.07, 6.45) is 8.86. The summed E-state index contributed by atoms with van der Waals surface area (Å²) in [5.74, 6) is -0.290. The van der Waals surface area contributed by atoms with Crippen molar-refractivity contribution in [3.05, 3.63) is 58.6 Å². The minimum atomic E-state index is -0.290. The molecule has 178 valence electrons. The fraction of sp³-hybridized carbons (Fsp3) is 0.462. The van der Waals surface area contributed by atoms with Gasteiger partial charge < -0.3 is 10.1 Å². The third-order valence-corrected chi connectivity index (χ3v) is 6.82. The molecule has 0 spiro atoms. The summed E-state index contributed by atoms with van der Waals surface area (Å²) in [6, 6.07) is 9.52. The number of morpholine rings is 1. The third kappa shape index (κ3) is 5.03. The van der Waals surface area contributed by atoms with Gasteiger partial charge in [0.2, 0.25) is 0 Å². The number of fused-ring (bicyclic) bond motifs is 1. The molecule has 0 radical (unpaired) electrons. The van der Waals surface area contributed by atoms with Gasteiger partial charge >= 0.3 is 0 Å². The lowest BCUT2D eigenvalue weighted by Gasteiger charge is -2.27. The van der Waals surface area contributed by atoms with E-state index >= 15 is 0 Å². The molecule has 34 heavy (non-hydrogen) atoms. The molecule has 1 aliphatic carbocycles. The van der Waals surface area contributed by atoms with Gasteiger partial charge in [-0.15, -0.1) is 0 Å².